The fraction of sp³-hybridized carbons (Fsp3) is 0.417. The Balaban J connectivity index is 2.97. The van der Waals surface area contributed by atoms with Gasteiger partial charge in [0, 0.05) is 5.56 Å². The summed E-state index contributed by atoms with van der Waals surface area (Å²) in [5, 5.41) is 17.7. The number of nitrogens with zero attached hydrogens (tertiary/aromatic N) is 1. The molecular formula is C12H15NO2. The van der Waals surface area contributed by atoms with E-state index in [0.717, 1.165) is 16.7 Å². The van der Waals surface area contributed by atoms with E-state index in [-0.39, 0.29) is 13.2 Å². The molecule has 3 heteroatoms. The van der Waals surface area contributed by atoms with Gasteiger partial charge in [-0.1, -0.05) is 18.2 Å². The lowest BCUT2D eigenvalue weighted by atomic mass is 9.99. The molecule has 0 fully saturated rings. The minimum atomic E-state index is -0.585. The normalized spacial score (nSPS) is 12.1. The monoisotopic (exact) mass is 205 g/mol. The molecule has 1 atom stereocenters. The van der Waals surface area contributed by atoms with E-state index in [1.165, 1.54) is 0 Å². The molecule has 0 spiro atoms. The highest BCUT2D eigenvalue weighted by atomic mass is 16.5. The van der Waals surface area contributed by atoms with Crippen LogP contribution in [-0.2, 0) is 4.74 Å². The second kappa shape index (κ2) is 5.50. The van der Waals surface area contributed by atoms with Crippen molar-refractivity contribution in [2.24, 2.45) is 0 Å². The molecular weight excluding hydrogens is 190 g/mol. The highest BCUT2D eigenvalue weighted by molar-refractivity contribution is 5.37. The van der Waals surface area contributed by atoms with Crippen LogP contribution in [0.15, 0.2) is 18.2 Å². The summed E-state index contributed by atoms with van der Waals surface area (Å²) < 4.78 is 5.28. The number of benzene rings is 1. The van der Waals surface area contributed by atoms with E-state index in [4.69, 9.17) is 15.1 Å². The predicted molar refractivity (Wildman–Crippen MR) is 57.3 cm³/mol. The Morgan fingerprint density at radius 2 is 2.00 bits per heavy atom. The van der Waals surface area contributed by atoms with Crippen LogP contribution in [0.2, 0.25) is 0 Å². The van der Waals surface area contributed by atoms with Crippen LogP contribution >= 0.6 is 0 Å². The molecule has 1 rings (SSSR count). The number of hydrogen-bond donors (Lipinski definition) is 1. The maximum Gasteiger partial charge on any atom is 0.169 e. The largest absolute Gasteiger partial charge is 0.394 e. The zero-order chi connectivity index (χ0) is 11.3. The zero-order valence-corrected chi connectivity index (χ0v) is 9.03. The van der Waals surface area contributed by atoms with Gasteiger partial charge in [0.25, 0.3) is 0 Å². The summed E-state index contributed by atoms with van der Waals surface area (Å²) in [6.07, 6.45) is -0.585. The van der Waals surface area contributed by atoms with Crippen LogP contribution in [0.4, 0.5) is 0 Å². The lowest BCUT2D eigenvalue weighted by Gasteiger charge is -2.15. The Hall–Kier alpha value is -1.37. The molecule has 0 heterocycles. The van der Waals surface area contributed by atoms with Crippen LogP contribution in [0.25, 0.3) is 0 Å². The van der Waals surface area contributed by atoms with Gasteiger partial charge in [-0.05, 0) is 25.0 Å². The predicted octanol–water partition coefficient (Wildman–Crippen LogP) is 1.88. The third-order valence-electron chi connectivity index (χ3n) is 2.30. The van der Waals surface area contributed by atoms with Gasteiger partial charge in [-0.15, -0.1) is 0 Å². The molecule has 0 amide bonds. The van der Waals surface area contributed by atoms with Crippen LogP contribution in [0, 0.1) is 25.2 Å². The Labute approximate surface area is 89.9 Å². The lowest BCUT2D eigenvalue weighted by molar-refractivity contribution is 0.0575. The number of aryl methyl sites for hydroxylation is 2. The Morgan fingerprint density at radius 3 is 2.47 bits per heavy atom. The molecule has 1 aromatic rings. The maximum absolute atomic E-state index is 9.00. The van der Waals surface area contributed by atoms with Gasteiger partial charge in [0.1, 0.15) is 0 Å². The first-order valence-electron chi connectivity index (χ1n) is 4.89. The molecule has 1 unspecified atom stereocenters. The summed E-state index contributed by atoms with van der Waals surface area (Å²) >= 11 is 0. The molecule has 1 N–H and O–H groups in total. The van der Waals surface area contributed by atoms with E-state index < -0.39 is 6.10 Å². The van der Waals surface area contributed by atoms with Gasteiger partial charge in [0.05, 0.1) is 19.3 Å². The Morgan fingerprint density at radius 1 is 1.40 bits per heavy atom. The van der Waals surface area contributed by atoms with Gasteiger partial charge in [-0.25, -0.2) is 0 Å². The lowest BCUT2D eigenvalue weighted by Crippen LogP contribution is -2.09. The highest BCUT2D eigenvalue weighted by Crippen LogP contribution is 2.24. The summed E-state index contributed by atoms with van der Waals surface area (Å²) in [5.41, 5.74) is 2.99. The number of aliphatic hydroxyl groups excluding tert-OH is 1. The zero-order valence-electron chi connectivity index (χ0n) is 9.03. The van der Waals surface area contributed by atoms with Crippen molar-refractivity contribution in [3.63, 3.8) is 0 Å². The smallest absolute Gasteiger partial charge is 0.169 e. The topological polar surface area (TPSA) is 53.2 Å². The second-order valence-electron chi connectivity index (χ2n) is 3.41. The molecule has 0 aliphatic heterocycles. The van der Waals surface area contributed by atoms with Crippen LogP contribution in [-0.4, -0.2) is 18.3 Å². The molecule has 0 aromatic heterocycles. The number of rotatable bonds is 4. The summed E-state index contributed by atoms with van der Waals surface area (Å²) in [5.74, 6) is 0. The molecule has 0 aliphatic rings. The summed E-state index contributed by atoms with van der Waals surface area (Å²) in [4.78, 5) is 0. The van der Waals surface area contributed by atoms with Gasteiger partial charge in [0.2, 0.25) is 0 Å². The van der Waals surface area contributed by atoms with Gasteiger partial charge in [-0.3, -0.25) is 0 Å². The Bertz CT molecular complexity index is 348. The summed E-state index contributed by atoms with van der Waals surface area (Å²) in [6.45, 7) is 4.03. The van der Waals surface area contributed by atoms with Crippen LogP contribution < -0.4 is 0 Å². The van der Waals surface area contributed by atoms with Crippen LogP contribution in [0.1, 0.15) is 22.8 Å². The minimum absolute atomic E-state index is 0.0664. The summed E-state index contributed by atoms with van der Waals surface area (Å²) in [7, 11) is 0. The average Bonchev–Trinajstić information content (AvgIpc) is 2.22. The quantitative estimate of drug-likeness (QED) is 0.816. The van der Waals surface area contributed by atoms with Gasteiger partial charge < -0.3 is 9.84 Å². The molecule has 0 radical (unpaired) electrons. The van der Waals surface area contributed by atoms with Crippen molar-refractivity contribution in [1.29, 1.82) is 5.26 Å². The third-order valence-corrected chi connectivity index (χ3v) is 2.30. The molecule has 0 saturated heterocycles. The van der Waals surface area contributed by atoms with Crippen LogP contribution in [0.3, 0.4) is 0 Å². The van der Waals surface area contributed by atoms with Crippen molar-refractivity contribution < 1.29 is 9.84 Å². The average molecular weight is 205 g/mol. The molecule has 1 aromatic carbocycles. The van der Waals surface area contributed by atoms with Crippen molar-refractivity contribution in [1.82, 2.24) is 0 Å². The van der Waals surface area contributed by atoms with E-state index in [0.29, 0.717) is 0 Å². The molecule has 80 valence electrons. The van der Waals surface area contributed by atoms with Crippen molar-refractivity contribution in [2.45, 2.75) is 20.0 Å². The number of ether oxygens (including phenoxy) is 1. The number of hydrogen-bond acceptors (Lipinski definition) is 3. The fourth-order valence-electron chi connectivity index (χ4n) is 1.60. The first-order valence-corrected chi connectivity index (χ1v) is 4.89. The highest BCUT2D eigenvalue weighted by Gasteiger charge is 2.15. The SMILES string of the molecule is Cc1cccc(C)c1C(C#N)OCCO. The van der Waals surface area contributed by atoms with Crippen molar-refractivity contribution in [2.75, 3.05) is 13.2 Å². The van der Waals surface area contributed by atoms with Gasteiger partial charge in [-0.2, -0.15) is 5.26 Å². The van der Waals surface area contributed by atoms with E-state index in [1.54, 1.807) is 0 Å². The maximum atomic E-state index is 9.00. The molecule has 0 bridgehead atoms. The minimum Gasteiger partial charge on any atom is -0.394 e. The van der Waals surface area contributed by atoms with E-state index in [2.05, 4.69) is 6.07 Å². The van der Waals surface area contributed by atoms with E-state index in [9.17, 15) is 0 Å². The van der Waals surface area contributed by atoms with Crippen molar-refractivity contribution >= 4 is 0 Å². The van der Waals surface area contributed by atoms with Crippen molar-refractivity contribution in [3.05, 3.63) is 34.9 Å². The number of nitriles is 1. The van der Waals surface area contributed by atoms with Gasteiger partial charge in [0.15, 0.2) is 6.10 Å². The van der Waals surface area contributed by atoms with E-state index in [1.807, 2.05) is 32.0 Å². The van der Waals surface area contributed by atoms with Crippen molar-refractivity contribution in [3.8, 4) is 6.07 Å². The number of aliphatic hydroxyl groups is 1. The van der Waals surface area contributed by atoms with E-state index >= 15 is 0 Å². The Kier molecular flexibility index (Phi) is 4.29. The fourth-order valence-corrected chi connectivity index (χ4v) is 1.60. The molecule has 15 heavy (non-hydrogen) atoms. The van der Waals surface area contributed by atoms with Crippen LogP contribution in [0.5, 0.6) is 0 Å². The molecule has 3 nitrogen and oxygen atoms in total. The first kappa shape index (κ1) is 11.7. The summed E-state index contributed by atoms with van der Waals surface area (Å²) in [6, 6.07) is 7.96. The third kappa shape index (κ3) is 2.79. The second-order valence-corrected chi connectivity index (χ2v) is 3.41. The molecule has 0 saturated carbocycles. The standard InChI is InChI=1S/C12H15NO2/c1-9-4-3-5-10(2)12(9)11(8-13)15-7-6-14/h3-5,11,14H,6-7H2,1-2H3. The molecule has 0 aliphatic carbocycles. The van der Waals surface area contributed by atoms with Gasteiger partial charge >= 0.3 is 0 Å². The first-order chi connectivity index (χ1) is 7.20.